The molecule has 0 spiro atoms. The van der Waals surface area contributed by atoms with Crippen molar-refractivity contribution in [2.75, 3.05) is 36.0 Å². The highest BCUT2D eigenvalue weighted by Crippen LogP contribution is 2.36. The molecule has 16 nitrogen and oxygen atoms in total. The van der Waals surface area contributed by atoms with Gasteiger partial charge in [0.2, 0.25) is 11.8 Å². The zero-order valence-electron chi connectivity index (χ0n) is 43.4. The van der Waals surface area contributed by atoms with Gasteiger partial charge in [0, 0.05) is 194 Å². The van der Waals surface area contributed by atoms with Gasteiger partial charge in [-0.3, -0.25) is 9.97 Å². The van der Waals surface area contributed by atoms with E-state index in [1.54, 1.807) is 6.20 Å². The number of aryl methyl sites for hydroxylation is 2. The lowest BCUT2D eigenvalue weighted by Crippen LogP contribution is -2.44. The molecule has 14 rings (SSSR count). The number of aromatic nitrogens is 10. The Bertz CT molecular complexity index is 3500. The first kappa shape index (κ1) is 50.6. The molecule has 10 aromatic rings. The highest BCUT2D eigenvalue weighted by Gasteiger charge is 2.36. The molecule has 396 valence electrons. The van der Waals surface area contributed by atoms with Crippen molar-refractivity contribution in [1.29, 1.82) is 0 Å². The summed E-state index contributed by atoms with van der Waals surface area (Å²) in [6.07, 6.45) is 24.1. The molecule has 8 aromatic heterocycles. The van der Waals surface area contributed by atoms with Gasteiger partial charge < -0.3 is 37.9 Å². The molecule has 10 heterocycles. The van der Waals surface area contributed by atoms with Gasteiger partial charge in [0.1, 0.15) is 23.8 Å². The Morgan fingerprint density at radius 1 is 0.449 bits per heavy atom. The number of nitrogens with zero attached hydrogens (tertiary/aromatic N) is 12. The Hall–Kier alpha value is -6.87. The number of hydrogen-bond acceptors (Lipinski definition) is 14. The fourth-order valence-electron chi connectivity index (χ4n) is 11.5. The minimum Gasteiger partial charge on any atom is -0.474 e. The smallest absolute Gasteiger partial charge is 0.213 e. The maximum atomic E-state index is 6.38. The largest absolute Gasteiger partial charge is 0.474 e. The van der Waals surface area contributed by atoms with Gasteiger partial charge in [-0.15, -0.1) is 0 Å². The molecule has 2 aromatic carbocycles. The molecule has 0 atom stereocenters. The zero-order chi connectivity index (χ0) is 52.7. The third kappa shape index (κ3) is 10.7. The zero-order valence-corrected chi connectivity index (χ0v) is 47.2. The van der Waals surface area contributed by atoms with Crippen molar-refractivity contribution >= 4 is 93.8 Å². The molecule has 0 unspecified atom stereocenters. The van der Waals surface area contributed by atoms with E-state index in [4.69, 9.17) is 18.9 Å². The van der Waals surface area contributed by atoms with Crippen molar-refractivity contribution in [3.63, 3.8) is 0 Å². The summed E-state index contributed by atoms with van der Waals surface area (Å²) >= 11 is 5.52. The van der Waals surface area contributed by atoms with Crippen molar-refractivity contribution in [3.8, 4) is 34.0 Å². The summed E-state index contributed by atoms with van der Waals surface area (Å²) in [5.74, 6) is 3.32. The Labute approximate surface area is 473 Å². The fraction of sp³-hybridized carbons (Fsp3) is 0.333. The van der Waals surface area contributed by atoms with Crippen molar-refractivity contribution in [3.05, 3.63) is 143 Å². The number of fused-ring (bicyclic) bond motifs is 6. The second-order valence-electron chi connectivity index (χ2n) is 20.8. The predicted octanol–water partition coefficient (Wildman–Crippen LogP) is 11.7. The van der Waals surface area contributed by atoms with Crippen LogP contribution >= 0.6 is 38.5 Å². The summed E-state index contributed by atoms with van der Waals surface area (Å²) in [5, 5.41) is 4.77. The van der Waals surface area contributed by atoms with Gasteiger partial charge in [0.15, 0.2) is 8.56 Å². The second kappa shape index (κ2) is 22.1. The summed E-state index contributed by atoms with van der Waals surface area (Å²) in [6.45, 7) is 3.82. The van der Waals surface area contributed by atoms with Crippen LogP contribution in [0.5, 0.6) is 11.8 Å². The average Bonchev–Trinajstić information content (AvgIpc) is 3.91. The van der Waals surface area contributed by atoms with Gasteiger partial charge in [-0.1, -0.05) is 24.3 Å². The normalized spacial score (nSPS) is 19.9. The average molecular weight is 1220 g/mol. The van der Waals surface area contributed by atoms with Crippen LogP contribution in [0.25, 0.3) is 65.9 Å². The standard InChI is InChI=1S/C30H29BrN6O2.C30H29IN6O2/c2*1-36-26-6-10-32-18-25(26)24-4-2-19(14-27(24)36)20-3-5-29(34-17-20)39-23-15-22(16-23)38-21-8-12-37(13-9-21)28-7-11-33-30(31)35-28/h2*2-7,10-11,14,17-18,21-23H,8-9,12-13,15-16H2,1H3. The van der Waals surface area contributed by atoms with Crippen LogP contribution in [0.4, 0.5) is 11.6 Å². The van der Waals surface area contributed by atoms with Gasteiger partial charge >= 0.3 is 0 Å². The van der Waals surface area contributed by atoms with E-state index in [0.717, 1.165) is 115 Å². The van der Waals surface area contributed by atoms with Crippen LogP contribution in [0.3, 0.4) is 0 Å². The first-order valence-corrected chi connectivity index (χ1v) is 28.8. The minimum atomic E-state index is 0.160. The Kier molecular flexibility index (Phi) is 14.3. The molecular weight excluding hydrogens is 1160 g/mol. The molecule has 4 fully saturated rings. The van der Waals surface area contributed by atoms with Crippen LogP contribution < -0.4 is 19.3 Å². The summed E-state index contributed by atoms with van der Waals surface area (Å²) in [4.78, 5) is 39.8. The van der Waals surface area contributed by atoms with E-state index in [-0.39, 0.29) is 24.4 Å². The molecule has 18 heteroatoms. The van der Waals surface area contributed by atoms with Crippen LogP contribution in [0, 0.1) is 3.83 Å². The topological polar surface area (TPSA) is 156 Å². The molecule has 0 N–H and O–H groups in total. The molecule has 4 aliphatic rings. The van der Waals surface area contributed by atoms with E-state index >= 15 is 0 Å². The number of anilines is 2. The summed E-state index contributed by atoms with van der Waals surface area (Å²) in [6, 6.07) is 29.3. The minimum absolute atomic E-state index is 0.160. The van der Waals surface area contributed by atoms with Crippen LogP contribution in [0.1, 0.15) is 51.4 Å². The number of ether oxygens (including phenoxy) is 4. The number of hydrogen-bond donors (Lipinski definition) is 0. The van der Waals surface area contributed by atoms with Gasteiger partial charge in [0.05, 0.1) is 35.4 Å². The molecule has 2 saturated heterocycles. The van der Waals surface area contributed by atoms with Gasteiger partial charge in [-0.05, 0) is 101 Å². The summed E-state index contributed by atoms with van der Waals surface area (Å²) in [7, 11) is 4.20. The SMILES string of the molecule is Cn1c2ccncc2c2ccc(-c3ccc(OC4CC(OC5CCN(c6ccnc(Br)n6)CC5)C4)nc3)cc21.Cn1c2ccncc2c2ccc(-c3ccc(OC4CC(OC5CCN(c6ccnc(I)n6)CC5)C4)nc3)cc21. The van der Waals surface area contributed by atoms with Gasteiger partial charge in [-0.2, -0.15) is 0 Å². The monoisotopic (exact) mass is 1220 g/mol. The number of pyridine rings is 4. The third-order valence-electron chi connectivity index (χ3n) is 16.0. The number of halogens is 2. The third-order valence-corrected chi connectivity index (χ3v) is 16.9. The Morgan fingerprint density at radius 2 is 0.910 bits per heavy atom. The highest BCUT2D eigenvalue weighted by atomic mass is 127. The highest BCUT2D eigenvalue weighted by molar-refractivity contribution is 14.1. The predicted molar refractivity (Wildman–Crippen MR) is 315 cm³/mol. The van der Waals surface area contributed by atoms with E-state index in [9.17, 15) is 0 Å². The van der Waals surface area contributed by atoms with Crippen LogP contribution in [-0.2, 0) is 23.6 Å². The van der Waals surface area contributed by atoms with Crippen LogP contribution in [-0.4, -0.2) is 112 Å². The Morgan fingerprint density at radius 3 is 1.36 bits per heavy atom. The summed E-state index contributed by atoms with van der Waals surface area (Å²) in [5.41, 5.74) is 9.16. The van der Waals surface area contributed by atoms with Crippen molar-refractivity contribution in [1.82, 2.24) is 49.0 Å². The lowest BCUT2D eigenvalue weighted by molar-refractivity contribution is -0.102. The lowest BCUT2D eigenvalue weighted by atomic mass is 9.91. The number of piperidine rings is 2. The molecule has 0 amide bonds. The molecule has 2 aliphatic heterocycles. The summed E-state index contributed by atoms with van der Waals surface area (Å²) < 4.78 is 30.9. The van der Waals surface area contributed by atoms with E-state index in [2.05, 4.69) is 172 Å². The molecule has 2 aliphatic carbocycles. The van der Waals surface area contributed by atoms with E-state index in [0.29, 0.717) is 28.7 Å². The maximum absolute atomic E-state index is 6.38. The number of rotatable bonds is 12. The fourth-order valence-corrected chi connectivity index (χ4v) is 12.2. The van der Waals surface area contributed by atoms with Crippen molar-refractivity contribution < 1.29 is 18.9 Å². The van der Waals surface area contributed by atoms with Crippen molar-refractivity contribution in [2.24, 2.45) is 14.1 Å². The quantitative estimate of drug-likeness (QED) is 0.0841. The first-order valence-electron chi connectivity index (χ1n) is 26.9. The molecule has 0 bridgehead atoms. The lowest BCUT2D eigenvalue weighted by Gasteiger charge is -2.40. The van der Waals surface area contributed by atoms with E-state index in [1.807, 2.05) is 67.6 Å². The molecular formula is C60H58BrIN12O4. The van der Waals surface area contributed by atoms with Crippen LogP contribution in [0.2, 0.25) is 0 Å². The van der Waals surface area contributed by atoms with Crippen LogP contribution in [0.15, 0.2) is 139 Å². The maximum Gasteiger partial charge on any atom is 0.213 e. The van der Waals surface area contributed by atoms with E-state index < -0.39 is 0 Å². The molecule has 78 heavy (non-hydrogen) atoms. The molecule has 0 radical (unpaired) electrons. The number of benzene rings is 2. The van der Waals surface area contributed by atoms with E-state index in [1.165, 1.54) is 43.6 Å². The first-order chi connectivity index (χ1) is 38.2. The second-order valence-corrected chi connectivity index (χ2v) is 22.5. The van der Waals surface area contributed by atoms with Gasteiger partial charge in [-0.25, -0.2) is 29.9 Å². The molecule has 2 saturated carbocycles. The van der Waals surface area contributed by atoms with Gasteiger partial charge in [0.25, 0.3) is 0 Å². The van der Waals surface area contributed by atoms with Crippen molar-refractivity contribution in [2.45, 2.75) is 88.0 Å². The Balaban J connectivity index is 0.000000148.